The first kappa shape index (κ1) is 24.2. The number of anilines is 2. The number of amidine groups is 1. The van der Waals surface area contributed by atoms with Crippen LogP contribution in [0.15, 0.2) is 53.6 Å². The van der Waals surface area contributed by atoms with Crippen molar-refractivity contribution in [1.82, 2.24) is 10.3 Å². The van der Waals surface area contributed by atoms with Gasteiger partial charge < -0.3 is 19.9 Å². The van der Waals surface area contributed by atoms with Crippen LogP contribution in [0.4, 0.5) is 16.2 Å². The van der Waals surface area contributed by atoms with Gasteiger partial charge in [-0.15, -0.1) is 0 Å². The Bertz CT molecular complexity index is 1170. The summed E-state index contributed by atoms with van der Waals surface area (Å²) in [5, 5.41) is 7.68. The average Bonchev–Trinajstić information content (AvgIpc) is 2.85. The van der Waals surface area contributed by atoms with E-state index in [0.29, 0.717) is 19.0 Å². The molecule has 0 bridgehead atoms. The molecule has 0 saturated carbocycles. The second kappa shape index (κ2) is 9.48. The fourth-order valence-electron chi connectivity index (χ4n) is 5.40. The molecular formula is C28H35N5O3. The highest BCUT2D eigenvalue weighted by Crippen LogP contribution is 2.39. The molecule has 3 aliphatic rings. The Labute approximate surface area is 212 Å². The quantitative estimate of drug-likeness (QED) is 0.664. The van der Waals surface area contributed by atoms with E-state index in [-0.39, 0.29) is 24.1 Å². The van der Waals surface area contributed by atoms with E-state index >= 15 is 0 Å². The van der Waals surface area contributed by atoms with Gasteiger partial charge in [0.1, 0.15) is 17.5 Å². The summed E-state index contributed by atoms with van der Waals surface area (Å²) in [6, 6.07) is 16.5. The van der Waals surface area contributed by atoms with Crippen molar-refractivity contribution in [1.29, 1.82) is 0 Å². The molecule has 1 saturated heterocycles. The third-order valence-corrected chi connectivity index (χ3v) is 7.19. The molecule has 8 nitrogen and oxygen atoms in total. The highest BCUT2D eigenvalue weighted by molar-refractivity contribution is 6.12. The second-order valence-electron chi connectivity index (χ2n) is 10.9. The number of nitrogens with zero attached hydrogens (tertiary/aromatic N) is 3. The van der Waals surface area contributed by atoms with Crippen molar-refractivity contribution in [3.8, 4) is 0 Å². The molecule has 2 N–H and O–H groups in total. The predicted molar refractivity (Wildman–Crippen MR) is 141 cm³/mol. The van der Waals surface area contributed by atoms with E-state index in [4.69, 9.17) is 4.74 Å². The van der Waals surface area contributed by atoms with Gasteiger partial charge in [0.15, 0.2) is 0 Å². The number of piperidine rings is 1. The maximum absolute atomic E-state index is 13.1. The Morgan fingerprint density at radius 1 is 1.17 bits per heavy atom. The first-order valence-corrected chi connectivity index (χ1v) is 12.8. The maximum atomic E-state index is 13.1. The lowest BCUT2D eigenvalue weighted by molar-refractivity contribution is -0.122. The Hall–Kier alpha value is -3.55. The first-order chi connectivity index (χ1) is 17.2. The van der Waals surface area contributed by atoms with E-state index in [2.05, 4.69) is 46.2 Å². The molecule has 0 radical (unpaired) electrons. The second-order valence-corrected chi connectivity index (χ2v) is 10.9. The van der Waals surface area contributed by atoms with Gasteiger partial charge in [0.2, 0.25) is 0 Å². The van der Waals surface area contributed by atoms with Crippen molar-refractivity contribution in [2.24, 2.45) is 5.10 Å². The van der Waals surface area contributed by atoms with Crippen molar-refractivity contribution in [2.45, 2.75) is 70.6 Å². The summed E-state index contributed by atoms with van der Waals surface area (Å²) in [7, 11) is 0. The number of rotatable bonds is 3. The molecule has 2 aromatic carbocycles. The van der Waals surface area contributed by atoms with Crippen LogP contribution in [0, 0.1) is 0 Å². The molecule has 3 heterocycles. The molecule has 0 aliphatic carbocycles. The molecular weight excluding hydrogens is 454 g/mol. The molecule has 2 aromatic rings. The van der Waals surface area contributed by atoms with E-state index in [1.165, 1.54) is 11.1 Å². The summed E-state index contributed by atoms with van der Waals surface area (Å²) in [4.78, 5) is 29.4. The van der Waals surface area contributed by atoms with Gasteiger partial charge in [-0.2, -0.15) is 5.10 Å². The Morgan fingerprint density at radius 2 is 1.94 bits per heavy atom. The van der Waals surface area contributed by atoms with E-state index in [9.17, 15) is 9.59 Å². The highest BCUT2D eigenvalue weighted by Gasteiger charge is 2.37. The lowest BCUT2D eigenvalue weighted by atomic mass is 9.83. The van der Waals surface area contributed by atoms with Gasteiger partial charge in [-0.3, -0.25) is 4.79 Å². The molecule has 36 heavy (non-hydrogen) atoms. The third kappa shape index (κ3) is 4.90. The van der Waals surface area contributed by atoms with Crippen LogP contribution < -0.4 is 15.6 Å². The number of fused-ring (bicyclic) bond motifs is 3. The topological polar surface area (TPSA) is 86.3 Å². The predicted octanol–water partition coefficient (Wildman–Crippen LogP) is 4.48. The van der Waals surface area contributed by atoms with Crippen molar-refractivity contribution in [3.63, 3.8) is 0 Å². The fraction of sp³-hybridized carbons (Fsp3) is 0.464. The van der Waals surface area contributed by atoms with Gasteiger partial charge in [-0.1, -0.05) is 36.4 Å². The molecule has 1 fully saturated rings. The van der Waals surface area contributed by atoms with Crippen LogP contribution in [-0.4, -0.2) is 53.5 Å². The number of benzene rings is 2. The van der Waals surface area contributed by atoms with Crippen LogP contribution >= 0.6 is 0 Å². The van der Waals surface area contributed by atoms with E-state index in [1.54, 1.807) is 0 Å². The number of nitrogens with one attached hydrogen (secondary N) is 2. The number of carbonyl (C=O) groups is 2. The molecule has 2 amide bonds. The number of hydrogen-bond acceptors (Lipinski definition) is 6. The third-order valence-electron chi connectivity index (χ3n) is 7.19. The van der Waals surface area contributed by atoms with Crippen LogP contribution in [0.5, 0.6) is 0 Å². The number of amides is 2. The van der Waals surface area contributed by atoms with Gasteiger partial charge in [0, 0.05) is 12.6 Å². The first-order valence-electron chi connectivity index (χ1n) is 12.8. The summed E-state index contributed by atoms with van der Waals surface area (Å²) in [5.41, 5.74) is 6.50. The van der Waals surface area contributed by atoms with Gasteiger partial charge in [-0.05, 0) is 76.1 Å². The summed E-state index contributed by atoms with van der Waals surface area (Å²) in [5.74, 6) is 0.998. The zero-order valence-corrected chi connectivity index (χ0v) is 21.5. The zero-order valence-electron chi connectivity index (χ0n) is 21.5. The maximum Gasteiger partial charge on any atom is 0.410 e. The van der Waals surface area contributed by atoms with Gasteiger partial charge in [0.05, 0.1) is 17.9 Å². The summed E-state index contributed by atoms with van der Waals surface area (Å²) in [6.45, 7) is 8.84. The molecule has 0 spiro atoms. The number of likely N-dealkylation sites (tertiary alicyclic amines) is 1. The van der Waals surface area contributed by atoms with Gasteiger partial charge in [-0.25, -0.2) is 10.2 Å². The van der Waals surface area contributed by atoms with Crippen molar-refractivity contribution in [3.05, 3.63) is 59.7 Å². The van der Waals surface area contributed by atoms with Crippen LogP contribution in [0.25, 0.3) is 0 Å². The van der Waals surface area contributed by atoms with E-state index < -0.39 is 5.60 Å². The van der Waals surface area contributed by atoms with Crippen LogP contribution in [0.2, 0.25) is 0 Å². The van der Waals surface area contributed by atoms with E-state index in [0.717, 1.165) is 36.5 Å². The minimum atomic E-state index is -0.534. The van der Waals surface area contributed by atoms with E-state index in [1.807, 2.05) is 55.7 Å². The average molecular weight is 490 g/mol. The summed E-state index contributed by atoms with van der Waals surface area (Å²) < 4.78 is 5.76. The number of carbonyl (C=O) groups excluding carboxylic acids is 2. The number of hydrazone groups is 1. The Kier molecular flexibility index (Phi) is 6.36. The molecule has 190 valence electrons. The highest BCUT2D eigenvalue weighted by atomic mass is 16.6. The van der Waals surface area contributed by atoms with Crippen LogP contribution in [0.1, 0.15) is 57.6 Å². The lowest BCUT2D eigenvalue weighted by Crippen LogP contribution is -2.55. The minimum Gasteiger partial charge on any atom is -0.444 e. The standard InChI is InChI=1S/C28H35N5O3/c1-18-26(34)31-30-25-17-29-23-11-10-20(16-24(23)33(18)25)21-12-13-32(27(35)36-28(2,3)4)22(15-21)14-19-8-6-5-7-9-19/h5-11,16,18,21-22,29H,12-15,17H2,1-4H3,(H,31,34)/t18-,21+,22-/m1/s1. The monoisotopic (exact) mass is 489 g/mol. The van der Waals surface area contributed by atoms with Gasteiger partial charge in [0.25, 0.3) is 5.91 Å². The molecule has 8 heteroatoms. The molecule has 0 unspecified atom stereocenters. The van der Waals surface area contributed by atoms with Crippen molar-refractivity contribution < 1.29 is 14.3 Å². The lowest BCUT2D eigenvalue weighted by Gasteiger charge is -2.41. The number of hydrogen-bond donors (Lipinski definition) is 2. The van der Waals surface area contributed by atoms with Crippen LogP contribution in [-0.2, 0) is 16.0 Å². The minimum absolute atomic E-state index is 0.0342. The van der Waals surface area contributed by atoms with Crippen molar-refractivity contribution in [2.75, 3.05) is 23.3 Å². The van der Waals surface area contributed by atoms with Crippen LogP contribution in [0.3, 0.4) is 0 Å². The largest absolute Gasteiger partial charge is 0.444 e. The number of ether oxygens (including phenoxy) is 1. The molecule has 5 rings (SSSR count). The molecule has 0 aromatic heterocycles. The summed E-state index contributed by atoms with van der Waals surface area (Å²) >= 11 is 0. The normalized spacial score (nSPS) is 23.6. The van der Waals surface area contributed by atoms with Crippen molar-refractivity contribution >= 4 is 29.2 Å². The molecule has 3 aliphatic heterocycles. The SMILES string of the molecule is C[C@@H]1C(=O)NN=C2CNc3ccc([C@H]4CCN(C(=O)OC(C)(C)C)[C@H](Cc5ccccc5)C4)cc3N21. The Morgan fingerprint density at radius 3 is 2.69 bits per heavy atom. The zero-order chi connectivity index (χ0) is 25.4. The smallest absolute Gasteiger partial charge is 0.410 e. The summed E-state index contributed by atoms with van der Waals surface area (Å²) in [6.07, 6.45) is 2.24. The Balaban J connectivity index is 1.42. The fourth-order valence-corrected chi connectivity index (χ4v) is 5.40. The molecule has 3 atom stereocenters. The van der Waals surface area contributed by atoms with Gasteiger partial charge >= 0.3 is 6.09 Å².